The Balaban J connectivity index is 1.88. The van der Waals surface area contributed by atoms with Crippen LogP contribution < -0.4 is 5.73 Å². The Morgan fingerprint density at radius 2 is 2.13 bits per heavy atom. The number of morpholine rings is 1. The molecule has 15 heavy (non-hydrogen) atoms. The summed E-state index contributed by atoms with van der Waals surface area (Å²) in [5.74, 6) is 0.607. The van der Waals surface area contributed by atoms with Gasteiger partial charge in [-0.25, -0.2) is 0 Å². The van der Waals surface area contributed by atoms with Gasteiger partial charge in [0, 0.05) is 25.6 Å². The number of amides is 1. The highest BCUT2D eigenvalue weighted by molar-refractivity contribution is 5.79. The molecule has 4 heteroatoms. The first kappa shape index (κ1) is 10.9. The van der Waals surface area contributed by atoms with Gasteiger partial charge in [-0.05, 0) is 12.8 Å². The van der Waals surface area contributed by atoms with Crippen molar-refractivity contribution in [3.63, 3.8) is 0 Å². The summed E-state index contributed by atoms with van der Waals surface area (Å²) in [6.45, 7) is 2.58. The molecule has 0 aromatic rings. The average Bonchev–Trinajstić information content (AvgIpc) is 2.81. The van der Waals surface area contributed by atoms with E-state index < -0.39 is 0 Å². The molecule has 1 amide bonds. The van der Waals surface area contributed by atoms with Crippen LogP contribution in [0.2, 0.25) is 0 Å². The lowest BCUT2D eigenvalue weighted by Gasteiger charge is -2.33. The maximum absolute atomic E-state index is 12.1. The Kier molecular flexibility index (Phi) is 3.59. The summed E-state index contributed by atoms with van der Waals surface area (Å²) >= 11 is 0. The molecule has 1 unspecified atom stereocenters. The zero-order chi connectivity index (χ0) is 10.7. The second-order valence-corrected chi connectivity index (χ2v) is 4.49. The topological polar surface area (TPSA) is 55.6 Å². The van der Waals surface area contributed by atoms with Crippen molar-refractivity contribution in [3.05, 3.63) is 0 Å². The Hall–Kier alpha value is -0.610. The van der Waals surface area contributed by atoms with Crippen LogP contribution in [0.3, 0.4) is 0 Å². The smallest absolute Gasteiger partial charge is 0.225 e. The van der Waals surface area contributed by atoms with E-state index in [2.05, 4.69) is 0 Å². The van der Waals surface area contributed by atoms with Crippen molar-refractivity contribution in [1.82, 2.24) is 4.90 Å². The van der Waals surface area contributed by atoms with Gasteiger partial charge in [-0.15, -0.1) is 0 Å². The predicted octanol–water partition coefficient (Wildman–Crippen LogP) is 0.363. The van der Waals surface area contributed by atoms with Crippen molar-refractivity contribution in [2.75, 3.05) is 26.2 Å². The highest BCUT2D eigenvalue weighted by Crippen LogP contribution is 2.27. The number of hydrogen-bond donors (Lipinski definition) is 1. The maximum atomic E-state index is 12.1. The van der Waals surface area contributed by atoms with E-state index >= 15 is 0 Å². The molecule has 2 fully saturated rings. The molecule has 0 radical (unpaired) electrons. The Morgan fingerprint density at radius 1 is 1.40 bits per heavy atom. The van der Waals surface area contributed by atoms with Gasteiger partial charge in [0.2, 0.25) is 5.91 Å². The Bertz CT molecular complexity index is 227. The molecule has 1 saturated carbocycles. The van der Waals surface area contributed by atoms with Crippen molar-refractivity contribution >= 4 is 5.91 Å². The van der Waals surface area contributed by atoms with Crippen LogP contribution in [0.25, 0.3) is 0 Å². The largest absolute Gasteiger partial charge is 0.373 e. The molecule has 1 heterocycles. The zero-order valence-electron chi connectivity index (χ0n) is 9.15. The third-order valence-corrected chi connectivity index (χ3v) is 3.42. The molecule has 0 aromatic heterocycles. The molecule has 0 spiro atoms. The van der Waals surface area contributed by atoms with Crippen LogP contribution in [0, 0.1) is 5.92 Å². The van der Waals surface area contributed by atoms with Crippen LogP contribution >= 0.6 is 0 Å². The Morgan fingerprint density at radius 3 is 2.80 bits per heavy atom. The van der Waals surface area contributed by atoms with E-state index in [-0.39, 0.29) is 12.0 Å². The van der Waals surface area contributed by atoms with E-state index in [4.69, 9.17) is 10.5 Å². The van der Waals surface area contributed by atoms with E-state index in [9.17, 15) is 4.79 Å². The quantitative estimate of drug-likeness (QED) is 0.719. The normalized spacial score (nSPS) is 28.3. The number of carbonyl (C=O) groups is 1. The van der Waals surface area contributed by atoms with E-state index in [0.29, 0.717) is 25.6 Å². The van der Waals surface area contributed by atoms with Gasteiger partial charge in [0.05, 0.1) is 12.7 Å². The van der Waals surface area contributed by atoms with E-state index in [1.54, 1.807) is 0 Å². The van der Waals surface area contributed by atoms with Gasteiger partial charge in [0.25, 0.3) is 0 Å². The maximum Gasteiger partial charge on any atom is 0.225 e. The third kappa shape index (κ3) is 2.49. The fourth-order valence-corrected chi connectivity index (χ4v) is 2.49. The molecule has 1 aliphatic heterocycles. The minimum atomic E-state index is 0.0455. The van der Waals surface area contributed by atoms with Gasteiger partial charge >= 0.3 is 0 Å². The summed E-state index contributed by atoms with van der Waals surface area (Å²) in [7, 11) is 0. The summed E-state index contributed by atoms with van der Waals surface area (Å²) in [4.78, 5) is 14.0. The molecule has 1 aliphatic carbocycles. The molecule has 1 saturated heterocycles. The van der Waals surface area contributed by atoms with Gasteiger partial charge in [0.1, 0.15) is 0 Å². The van der Waals surface area contributed by atoms with Gasteiger partial charge in [0.15, 0.2) is 0 Å². The summed E-state index contributed by atoms with van der Waals surface area (Å²) in [5, 5.41) is 0. The molecular formula is C11H20N2O2. The van der Waals surface area contributed by atoms with Gasteiger partial charge in [-0.3, -0.25) is 4.79 Å². The molecule has 86 valence electrons. The molecule has 2 rings (SSSR count). The minimum absolute atomic E-state index is 0.0455. The van der Waals surface area contributed by atoms with Crippen molar-refractivity contribution in [2.45, 2.75) is 31.8 Å². The lowest BCUT2D eigenvalue weighted by atomic mass is 10.1. The van der Waals surface area contributed by atoms with E-state index in [1.807, 2.05) is 4.90 Å². The predicted molar refractivity (Wildman–Crippen MR) is 57.3 cm³/mol. The summed E-state index contributed by atoms with van der Waals surface area (Å²) in [6, 6.07) is 0. The van der Waals surface area contributed by atoms with Crippen LogP contribution in [0.5, 0.6) is 0 Å². The minimum Gasteiger partial charge on any atom is -0.373 e. The molecule has 2 aliphatic rings. The number of nitrogens with two attached hydrogens (primary N) is 1. The molecular weight excluding hydrogens is 192 g/mol. The lowest BCUT2D eigenvalue weighted by molar-refractivity contribution is -0.142. The summed E-state index contributed by atoms with van der Waals surface area (Å²) < 4.78 is 5.45. The summed E-state index contributed by atoms with van der Waals surface area (Å²) in [6.07, 6.45) is 4.61. The lowest BCUT2D eigenvalue weighted by Crippen LogP contribution is -2.49. The van der Waals surface area contributed by atoms with Crippen LogP contribution in [0.1, 0.15) is 25.7 Å². The number of rotatable bonds is 2. The monoisotopic (exact) mass is 212 g/mol. The first-order chi connectivity index (χ1) is 7.31. The second kappa shape index (κ2) is 4.94. The van der Waals surface area contributed by atoms with Gasteiger partial charge < -0.3 is 15.4 Å². The fourth-order valence-electron chi connectivity index (χ4n) is 2.49. The second-order valence-electron chi connectivity index (χ2n) is 4.49. The highest BCUT2D eigenvalue weighted by Gasteiger charge is 2.30. The van der Waals surface area contributed by atoms with Crippen LogP contribution in [0.15, 0.2) is 0 Å². The van der Waals surface area contributed by atoms with Crippen LogP contribution in [-0.2, 0) is 9.53 Å². The number of ether oxygens (including phenoxy) is 1. The third-order valence-electron chi connectivity index (χ3n) is 3.42. The number of carbonyl (C=O) groups excluding carboxylic acids is 1. The SMILES string of the molecule is NCC1CN(C(=O)C2CCCC2)CCO1. The molecule has 4 nitrogen and oxygen atoms in total. The average molecular weight is 212 g/mol. The van der Waals surface area contributed by atoms with Crippen molar-refractivity contribution < 1.29 is 9.53 Å². The summed E-state index contributed by atoms with van der Waals surface area (Å²) in [5.41, 5.74) is 5.56. The van der Waals surface area contributed by atoms with E-state index in [0.717, 1.165) is 19.4 Å². The first-order valence-electron chi connectivity index (χ1n) is 5.91. The van der Waals surface area contributed by atoms with Gasteiger partial charge in [-0.1, -0.05) is 12.8 Å². The number of hydrogen-bond acceptors (Lipinski definition) is 3. The molecule has 0 bridgehead atoms. The molecule has 0 aromatic carbocycles. The van der Waals surface area contributed by atoms with Crippen LogP contribution in [-0.4, -0.2) is 43.2 Å². The standard InChI is InChI=1S/C11H20N2O2/c12-7-10-8-13(5-6-15-10)11(14)9-3-1-2-4-9/h9-10H,1-8,12H2. The fraction of sp³-hybridized carbons (Fsp3) is 0.909. The molecule has 2 N–H and O–H groups in total. The van der Waals surface area contributed by atoms with Crippen LogP contribution in [0.4, 0.5) is 0 Å². The highest BCUT2D eigenvalue weighted by atomic mass is 16.5. The molecule has 1 atom stereocenters. The van der Waals surface area contributed by atoms with Crippen molar-refractivity contribution in [1.29, 1.82) is 0 Å². The van der Waals surface area contributed by atoms with Crippen molar-refractivity contribution in [2.24, 2.45) is 11.7 Å². The Labute approximate surface area is 90.8 Å². The zero-order valence-corrected chi connectivity index (χ0v) is 9.15. The van der Waals surface area contributed by atoms with Crippen molar-refractivity contribution in [3.8, 4) is 0 Å². The van der Waals surface area contributed by atoms with Gasteiger partial charge in [-0.2, -0.15) is 0 Å². The number of nitrogens with zero attached hydrogens (tertiary/aromatic N) is 1. The van der Waals surface area contributed by atoms with E-state index in [1.165, 1.54) is 12.8 Å². The first-order valence-corrected chi connectivity index (χ1v) is 5.91.